The molecule has 0 aliphatic carbocycles. The monoisotopic (exact) mass is 331 g/mol. The van der Waals surface area contributed by atoms with Gasteiger partial charge in [-0.2, -0.15) is 11.8 Å². The van der Waals surface area contributed by atoms with Crippen LogP contribution in [0.25, 0.3) is 10.9 Å². The van der Waals surface area contributed by atoms with E-state index in [0.29, 0.717) is 28.6 Å². The molecule has 2 aliphatic rings. The molecule has 1 spiro atoms. The van der Waals surface area contributed by atoms with Crippen molar-refractivity contribution in [2.75, 3.05) is 11.5 Å². The van der Waals surface area contributed by atoms with Crippen molar-refractivity contribution in [2.24, 2.45) is 0 Å². The lowest BCUT2D eigenvalue weighted by Crippen LogP contribution is -2.46. The zero-order valence-corrected chi connectivity index (χ0v) is 13.0. The molecule has 1 aromatic carbocycles. The number of imide groups is 1. The molecule has 2 aromatic rings. The van der Waals surface area contributed by atoms with Crippen LogP contribution in [0.3, 0.4) is 0 Å². The number of carbonyl (C=O) groups excluding carboxylic acids is 2. The molecule has 1 N–H and O–H groups in total. The van der Waals surface area contributed by atoms with E-state index in [1.807, 2.05) is 0 Å². The minimum Gasteiger partial charge on any atom is -0.322 e. The first-order chi connectivity index (χ1) is 11.1. The number of urea groups is 1. The van der Waals surface area contributed by atoms with E-state index >= 15 is 0 Å². The van der Waals surface area contributed by atoms with Gasteiger partial charge in [0.1, 0.15) is 11.4 Å². The zero-order chi connectivity index (χ0) is 16.0. The molecule has 1 aromatic heterocycles. The minimum absolute atomic E-state index is 0.102. The molecule has 3 heterocycles. The van der Waals surface area contributed by atoms with E-state index in [4.69, 9.17) is 0 Å². The molecule has 1 atom stereocenters. The molecule has 0 bridgehead atoms. The van der Waals surface area contributed by atoms with Gasteiger partial charge in [0.25, 0.3) is 5.91 Å². The fraction of sp³-hybridized carbons (Fsp3) is 0.312. The molecule has 2 saturated heterocycles. The highest BCUT2D eigenvalue weighted by atomic mass is 32.2. The summed E-state index contributed by atoms with van der Waals surface area (Å²) in [6.45, 7) is 0.102. The van der Waals surface area contributed by atoms with Crippen LogP contribution < -0.4 is 5.32 Å². The summed E-state index contributed by atoms with van der Waals surface area (Å²) in [4.78, 5) is 30.4. The first-order valence-corrected chi connectivity index (χ1v) is 8.50. The number of nitrogens with zero attached hydrogens (tertiary/aromatic N) is 2. The van der Waals surface area contributed by atoms with Crippen molar-refractivity contribution in [3.63, 3.8) is 0 Å². The van der Waals surface area contributed by atoms with Crippen LogP contribution in [0.5, 0.6) is 0 Å². The smallest absolute Gasteiger partial charge is 0.322 e. The Morgan fingerprint density at radius 1 is 1.35 bits per heavy atom. The second-order valence-corrected chi connectivity index (χ2v) is 6.92. The van der Waals surface area contributed by atoms with Crippen molar-refractivity contribution >= 4 is 34.6 Å². The molecular formula is C16H14FN3O2S. The highest BCUT2D eigenvalue weighted by Crippen LogP contribution is 2.34. The predicted octanol–water partition coefficient (Wildman–Crippen LogP) is 2.30. The quantitative estimate of drug-likeness (QED) is 0.858. The summed E-state index contributed by atoms with van der Waals surface area (Å²) in [5, 5.41) is 3.22. The highest BCUT2D eigenvalue weighted by molar-refractivity contribution is 7.99. The average molecular weight is 331 g/mol. The first-order valence-electron chi connectivity index (χ1n) is 7.35. The number of aromatic nitrogens is 1. The van der Waals surface area contributed by atoms with Crippen LogP contribution in [0.1, 0.15) is 12.0 Å². The first kappa shape index (κ1) is 14.4. The van der Waals surface area contributed by atoms with Gasteiger partial charge in [-0.3, -0.25) is 14.7 Å². The summed E-state index contributed by atoms with van der Waals surface area (Å²) in [6, 6.07) is 5.85. The van der Waals surface area contributed by atoms with E-state index in [-0.39, 0.29) is 24.3 Å². The van der Waals surface area contributed by atoms with Crippen LogP contribution in [0.15, 0.2) is 30.5 Å². The summed E-state index contributed by atoms with van der Waals surface area (Å²) in [5.41, 5.74) is 0.383. The largest absolute Gasteiger partial charge is 0.325 e. The number of nitrogens with one attached hydrogen (secondary N) is 1. The van der Waals surface area contributed by atoms with Gasteiger partial charge in [-0.15, -0.1) is 0 Å². The number of carbonyl (C=O) groups is 2. The van der Waals surface area contributed by atoms with Crippen molar-refractivity contribution < 1.29 is 14.0 Å². The van der Waals surface area contributed by atoms with Crippen LogP contribution in [0.4, 0.5) is 9.18 Å². The van der Waals surface area contributed by atoms with Crippen molar-refractivity contribution in [3.8, 4) is 0 Å². The van der Waals surface area contributed by atoms with Crippen LogP contribution >= 0.6 is 11.8 Å². The van der Waals surface area contributed by atoms with Crippen molar-refractivity contribution in [1.29, 1.82) is 0 Å². The Morgan fingerprint density at radius 3 is 3.00 bits per heavy atom. The third-order valence-corrected chi connectivity index (χ3v) is 5.59. The second kappa shape index (κ2) is 5.19. The molecule has 7 heteroatoms. The number of thioether (sulfide) groups is 1. The molecule has 0 radical (unpaired) electrons. The van der Waals surface area contributed by atoms with Crippen LogP contribution in [-0.2, 0) is 11.3 Å². The molecule has 2 aliphatic heterocycles. The van der Waals surface area contributed by atoms with Crippen LogP contribution in [0, 0.1) is 5.82 Å². The highest BCUT2D eigenvalue weighted by Gasteiger charge is 2.52. The average Bonchev–Trinajstić information content (AvgIpc) is 3.11. The van der Waals surface area contributed by atoms with Crippen LogP contribution in [-0.4, -0.2) is 38.9 Å². The molecule has 5 nitrogen and oxygen atoms in total. The molecule has 118 valence electrons. The van der Waals surface area contributed by atoms with Gasteiger partial charge in [0, 0.05) is 17.3 Å². The van der Waals surface area contributed by atoms with E-state index in [1.165, 1.54) is 11.0 Å². The van der Waals surface area contributed by atoms with Gasteiger partial charge in [0.2, 0.25) is 0 Å². The normalized spacial score (nSPS) is 24.0. The molecular weight excluding hydrogens is 317 g/mol. The standard InChI is InChI=1S/C16H14FN3O2S/c17-12-4-3-10(13-11(12)2-1-6-18-13)8-20-14(21)16(19-15(20)22)5-7-23-9-16/h1-4,6H,5,7-9H2,(H,19,22)/t16-/m1/s1. The lowest BCUT2D eigenvalue weighted by atomic mass is 9.99. The number of hydrogen-bond donors (Lipinski definition) is 1. The predicted molar refractivity (Wildman–Crippen MR) is 85.5 cm³/mol. The fourth-order valence-corrected chi connectivity index (χ4v) is 4.47. The summed E-state index contributed by atoms with van der Waals surface area (Å²) >= 11 is 1.66. The maximum Gasteiger partial charge on any atom is 0.325 e. The van der Waals surface area contributed by atoms with E-state index in [9.17, 15) is 14.0 Å². The summed E-state index contributed by atoms with van der Waals surface area (Å²) < 4.78 is 13.9. The number of pyridine rings is 1. The number of amides is 3. The second-order valence-electron chi connectivity index (χ2n) is 5.81. The van der Waals surface area contributed by atoms with Crippen molar-refractivity contribution in [2.45, 2.75) is 18.5 Å². The lowest BCUT2D eigenvalue weighted by Gasteiger charge is -2.19. The van der Waals surface area contributed by atoms with Gasteiger partial charge >= 0.3 is 6.03 Å². The SMILES string of the molecule is O=C1N[C@@]2(CCSC2)C(=O)N1Cc1ccc(F)c2cccnc12. The van der Waals surface area contributed by atoms with E-state index in [1.54, 1.807) is 36.2 Å². The third-order valence-electron chi connectivity index (χ3n) is 4.40. The Kier molecular flexibility index (Phi) is 3.26. The summed E-state index contributed by atoms with van der Waals surface area (Å²) in [5.74, 6) is 0.913. The van der Waals surface area contributed by atoms with E-state index in [2.05, 4.69) is 10.3 Å². The molecule has 2 fully saturated rings. The van der Waals surface area contributed by atoms with Crippen molar-refractivity contribution in [1.82, 2.24) is 15.2 Å². The molecule has 0 saturated carbocycles. The molecule has 0 unspecified atom stereocenters. The van der Waals surface area contributed by atoms with Gasteiger partial charge in [0.05, 0.1) is 12.1 Å². The number of halogens is 1. The lowest BCUT2D eigenvalue weighted by molar-refractivity contribution is -0.130. The Balaban J connectivity index is 1.70. The Labute approximate surface area is 136 Å². The van der Waals surface area contributed by atoms with E-state index < -0.39 is 5.54 Å². The van der Waals surface area contributed by atoms with Crippen molar-refractivity contribution in [3.05, 3.63) is 41.8 Å². The molecule has 4 rings (SSSR count). The van der Waals surface area contributed by atoms with E-state index in [0.717, 1.165) is 5.75 Å². The third kappa shape index (κ3) is 2.18. The minimum atomic E-state index is -0.759. The fourth-order valence-electron chi connectivity index (χ4n) is 3.15. The number of hydrogen-bond acceptors (Lipinski definition) is 4. The summed E-state index contributed by atoms with van der Waals surface area (Å²) in [7, 11) is 0. The molecule has 3 amide bonds. The Bertz CT molecular complexity index is 820. The maximum atomic E-state index is 13.9. The van der Waals surface area contributed by atoms with Gasteiger partial charge in [-0.25, -0.2) is 9.18 Å². The number of fused-ring (bicyclic) bond motifs is 1. The number of rotatable bonds is 2. The number of benzene rings is 1. The van der Waals surface area contributed by atoms with Gasteiger partial charge in [0.15, 0.2) is 0 Å². The summed E-state index contributed by atoms with van der Waals surface area (Å²) in [6.07, 6.45) is 2.23. The topological polar surface area (TPSA) is 62.3 Å². The Hall–Kier alpha value is -2.15. The van der Waals surface area contributed by atoms with Gasteiger partial charge in [-0.05, 0) is 35.9 Å². The molecule has 23 heavy (non-hydrogen) atoms. The maximum absolute atomic E-state index is 13.9. The Morgan fingerprint density at radius 2 is 2.22 bits per heavy atom. The van der Waals surface area contributed by atoms with Gasteiger partial charge in [-0.1, -0.05) is 6.07 Å². The van der Waals surface area contributed by atoms with Gasteiger partial charge < -0.3 is 5.32 Å². The van der Waals surface area contributed by atoms with Crippen LogP contribution in [0.2, 0.25) is 0 Å². The zero-order valence-electron chi connectivity index (χ0n) is 12.2.